The summed E-state index contributed by atoms with van der Waals surface area (Å²) in [4.78, 5) is 0. The van der Waals surface area contributed by atoms with Crippen molar-refractivity contribution in [3.8, 4) is 0 Å². The van der Waals surface area contributed by atoms with Gasteiger partial charge in [0.05, 0.1) is 6.20 Å². The zero-order chi connectivity index (χ0) is 9.14. The van der Waals surface area contributed by atoms with E-state index in [9.17, 15) is 0 Å². The first kappa shape index (κ1) is 8.51. The summed E-state index contributed by atoms with van der Waals surface area (Å²) in [6, 6.07) is 0.261. The molecule has 0 aliphatic heterocycles. The molecule has 0 radical (unpaired) electrons. The molecule has 0 unspecified atom stereocenters. The van der Waals surface area contributed by atoms with E-state index in [1.54, 1.807) is 10.9 Å². The monoisotopic (exact) mass is 168 g/mol. The van der Waals surface area contributed by atoms with Gasteiger partial charge in [0.15, 0.2) is 5.84 Å². The molecule has 1 rings (SSSR count). The van der Waals surface area contributed by atoms with Crippen molar-refractivity contribution in [3.63, 3.8) is 0 Å². The van der Waals surface area contributed by atoms with E-state index in [1.165, 1.54) is 0 Å². The Kier molecular flexibility index (Phi) is 2.27. The van der Waals surface area contributed by atoms with Crippen LogP contribution in [0.4, 0.5) is 0 Å². The van der Waals surface area contributed by atoms with Crippen LogP contribution in [0.3, 0.4) is 0 Å². The highest BCUT2D eigenvalue weighted by atomic mass is 15.4. The van der Waals surface area contributed by atoms with Crippen LogP contribution in [0.15, 0.2) is 11.3 Å². The number of aromatic nitrogens is 3. The number of amidine groups is 1. The Morgan fingerprint density at radius 2 is 2.33 bits per heavy atom. The van der Waals surface area contributed by atoms with Crippen LogP contribution in [0.1, 0.15) is 25.6 Å². The summed E-state index contributed by atoms with van der Waals surface area (Å²) in [5, 5.41) is 10.9. The van der Waals surface area contributed by atoms with Crippen LogP contribution in [0.25, 0.3) is 0 Å². The van der Waals surface area contributed by atoms with Crippen LogP contribution < -0.4 is 11.6 Å². The summed E-state index contributed by atoms with van der Waals surface area (Å²) in [5.41, 5.74) is 5.92. The maximum Gasteiger partial charge on any atom is 0.172 e. The number of hydrogen-bond donors (Lipinski definition) is 2. The van der Waals surface area contributed by atoms with Gasteiger partial charge in [0, 0.05) is 6.04 Å². The van der Waals surface area contributed by atoms with Crippen molar-refractivity contribution in [2.24, 2.45) is 16.7 Å². The van der Waals surface area contributed by atoms with Gasteiger partial charge in [-0.2, -0.15) is 5.10 Å². The molecule has 0 saturated heterocycles. The van der Waals surface area contributed by atoms with Crippen LogP contribution in [0, 0.1) is 0 Å². The standard InChI is InChI=1S/C6H12N6/c1-4(2)12-3-5(10-11-12)6(7)9-8/h3-4H,8H2,1-2H3,(H2,7,9). The molecule has 12 heavy (non-hydrogen) atoms. The SMILES string of the molecule is CC(C)n1cc(/C(N)=N/N)nn1. The van der Waals surface area contributed by atoms with Gasteiger partial charge in [-0.1, -0.05) is 5.21 Å². The first-order valence-electron chi connectivity index (χ1n) is 3.60. The Labute approximate surface area is 70.2 Å². The molecular formula is C6H12N6. The minimum atomic E-state index is 0.196. The number of nitrogens with zero attached hydrogens (tertiary/aromatic N) is 4. The van der Waals surface area contributed by atoms with E-state index < -0.39 is 0 Å². The molecule has 1 aromatic rings. The maximum atomic E-state index is 5.42. The lowest BCUT2D eigenvalue weighted by Crippen LogP contribution is -2.15. The topological polar surface area (TPSA) is 95.1 Å². The molecule has 1 heterocycles. The number of hydrogen-bond acceptors (Lipinski definition) is 4. The van der Waals surface area contributed by atoms with E-state index in [-0.39, 0.29) is 11.9 Å². The van der Waals surface area contributed by atoms with Gasteiger partial charge < -0.3 is 11.6 Å². The Morgan fingerprint density at radius 3 is 2.75 bits per heavy atom. The van der Waals surface area contributed by atoms with Crippen LogP contribution in [-0.4, -0.2) is 20.8 Å². The lowest BCUT2D eigenvalue weighted by molar-refractivity contribution is 0.514. The summed E-state index contributed by atoms with van der Waals surface area (Å²) in [7, 11) is 0. The smallest absolute Gasteiger partial charge is 0.172 e. The van der Waals surface area contributed by atoms with E-state index in [4.69, 9.17) is 11.6 Å². The first-order chi connectivity index (χ1) is 5.65. The molecule has 0 fully saturated rings. The highest BCUT2D eigenvalue weighted by molar-refractivity contribution is 5.94. The van der Waals surface area contributed by atoms with Crippen molar-refractivity contribution in [3.05, 3.63) is 11.9 Å². The Balaban J connectivity index is 2.92. The minimum Gasteiger partial charge on any atom is -0.380 e. The molecule has 0 amide bonds. The van der Waals surface area contributed by atoms with Crippen molar-refractivity contribution in [2.45, 2.75) is 19.9 Å². The average molecular weight is 168 g/mol. The van der Waals surface area contributed by atoms with Crippen molar-refractivity contribution < 1.29 is 0 Å². The van der Waals surface area contributed by atoms with Crippen LogP contribution in [-0.2, 0) is 0 Å². The van der Waals surface area contributed by atoms with Crippen molar-refractivity contribution in [1.82, 2.24) is 15.0 Å². The highest BCUT2D eigenvalue weighted by Crippen LogP contribution is 2.01. The quantitative estimate of drug-likeness (QED) is 0.268. The van der Waals surface area contributed by atoms with Crippen LogP contribution in [0.5, 0.6) is 0 Å². The number of nitrogens with two attached hydrogens (primary N) is 2. The van der Waals surface area contributed by atoms with E-state index >= 15 is 0 Å². The van der Waals surface area contributed by atoms with E-state index in [1.807, 2.05) is 13.8 Å². The van der Waals surface area contributed by atoms with Crippen molar-refractivity contribution in [2.75, 3.05) is 0 Å². The van der Waals surface area contributed by atoms with Gasteiger partial charge in [0.2, 0.25) is 0 Å². The zero-order valence-corrected chi connectivity index (χ0v) is 7.10. The molecule has 0 aliphatic carbocycles. The van der Waals surface area contributed by atoms with Crippen molar-refractivity contribution in [1.29, 1.82) is 0 Å². The second kappa shape index (κ2) is 3.21. The Hall–Kier alpha value is -1.59. The van der Waals surface area contributed by atoms with Gasteiger partial charge in [-0.3, -0.25) is 0 Å². The van der Waals surface area contributed by atoms with E-state index in [2.05, 4.69) is 15.4 Å². The lowest BCUT2D eigenvalue weighted by atomic mass is 10.4. The summed E-state index contributed by atoms with van der Waals surface area (Å²) < 4.78 is 1.69. The molecule has 0 bridgehead atoms. The van der Waals surface area contributed by atoms with Gasteiger partial charge in [0.1, 0.15) is 5.69 Å². The predicted molar refractivity (Wildman–Crippen MR) is 45.3 cm³/mol. The van der Waals surface area contributed by atoms with Crippen LogP contribution in [0.2, 0.25) is 0 Å². The lowest BCUT2D eigenvalue weighted by Gasteiger charge is -2.00. The van der Waals surface area contributed by atoms with Gasteiger partial charge in [-0.05, 0) is 13.8 Å². The maximum absolute atomic E-state index is 5.42. The molecule has 1 aromatic heterocycles. The normalized spacial score (nSPS) is 12.4. The second-order valence-corrected chi connectivity index (χ2v) is 2.69. The Morgan fingerprint density at radius 1 is 1.67 bits per heavy atom. The third-order valence-corrected chi connectivity index (χ3v) is 1.44. The number of hydrazone groups is 1. The molecule has 66 valence electrons. The summed E-state index contributed by atoms with van der Waals surface area (Å²) in [6.45, 7) is 3.99. The molecule has 0 aromatic carbocycles. The largest absolute Gasteiger partial charge is 0.380 e. The number of rotatable bonds is 2. The average Bonchev–Trinajstić information content (AvgIpc) is 2.51. The molecule has 0 spiro atoms. The van der Waals surface area contributed by atoms with Crippen LogP contribution >= 0.6 is 0 Å². The summed E-state index contributed by atoms with van der Waals surface area (Å²) in [5.74, 6) is 5.17. The first-order valence-corrected chi connectivity index (χ1v) is 3.60. The fourth-order valence-electron chi connectivity index (χ4n) is 0.713. The third kappa shape index (κ3) is 1.52. The molecular weight excluding hydrogens is 156 g/mol. The molecule has 0 atom stereocenters. The van der Waals surface area contributed by atoms with E-state index in [0.717, 1.165) is 0 Å². The molecule has 0 saturated carbocycles. The van der Waals surface area contributed by atoms with Gasteiger partial charge in [-0.15, -0.1) is 5.10 Å². The fourth-order valence-corrected chi connectivity index (χ4v) is 0.713. The third-order valence-electron chi connectivity index (χ3n) is 1.44. The van der Waals surface area contributed by atoms with Gasteiger partial charge in [-0.25, -0.2) is 4.68 Å². The van der Waals surface area contributed by atoms with E-state index in [0.29, 0.717) is 5.69 Å². The Bertz CT molecular complexity index is 286. The molecule has 0 aliphatic rings. The minimum absolute atomic E-state index is 0.196. The van der Waals surface area contributed by atoms with Gasteiger partial charge in [0.25, 0.3) is 0 Å². The highest BCUT2D eigenvalue weighted by Gasteiger charge is 2.05. The van der Waals surface area contributed by atoms with Gasteiger partial charge >= 0.3 is 0 Å². The predicted octanol–water partition coefficient (Wildman–Crippen LogP) is -0.562. The molecule has 6 heteroatoms. The molecule has 4 N–H and O–H groups in total. The summed E-state index contributed by atoms with van der Waals surface area (Å²) in [6.07, 6.45) is 1.70. The summed E-state index contributed by atoms with van der Waals surface area (Å²) >= 11 is 0. The zero-order valence-electron chi connectivity index (χ0n) is 7.10. The van der Waals surface area contributed by atoms with Crippen molar-refractivity contribution >= 4 is 5.84 Å². The second-order valence-electron chi connectivity index (χ2n) is 2.69. The fraction of sp³-hybridized carbons (Fsp3) is 0.500. The molecule has 6 nitrogen and oxygen atoms in total.